The summed E-state index contributed by atoms with van der Waals surface area (Å²) in [6.07, 6.45) is 0.356. The van der Waals surface area contributed by atoms with Gasteiger partial charge in [0.2, 0.25) is 5.91 Å². The molecule has 2 amide bonds. The van der Waals surface area contributed by atoms with E-state index in [4.69, 9.17) is 27.9 Å². The molecule has 3 aromatic rings. The predicted octanol–water partition coefficient (Wildman–Crippen LogP) is 5.15. The van der Waals surface area contributed by atoms with Crippen LogP contribution in [-0.2, 0) is 22.6 Å². The first-order valence-electron chi connectivity index (χ1n) is 10.7. The molecular formula is C26H26Cl2N2O3. The van der Waals surface area contributed by atoms with E-state index in [-0.39, 0.29) is 25.0 Å². The molecule has 0 heterocycles. The van der Waals surface area contributed by atoms with E-state index >= 15 is 0 Å². The molecular weight excluding hydrogens is 459 g/mol. The molecule has 0 unspecified atom stereocenters. The SMILES string of the molecule is CCNC(=O)[C@H](Cc1ccccc1)N(Cc1ccc(Cl)cc1Cl)C(=O)COc1ccccc1. The van der Waals surface area contributed by atoms with Crippen LogP contribution in [0, 0.1) is 0 Å². The molecule has 33 heavy (non-hydrogen) atoms. The number of hydrogen-bond acceptors (Lipinski definition) is 3. The summed E-state index contributed by atoms with van der Waals surface area (Å²) in [6.45, 7) is 2.23. The second kappa shape index (κ2) is 12.3. The molecule has 0 aromatic heterocycles. The minimum absolute atomic E-state index is 0.140. The van der Waals surface area contributed by atoms with Gasteiger partial charge in [0.25, 0.3) is 5.91 Å². The predicted molar refractivity (Wildman–Crippen MR) is 132 cm³/mol. The Kier molecular flexibility index (Phi) is 9.16. The third-order valence-electron chi connectivity index (χ3n) is 5.08. The van der Waals surface area contributed by atoms with Crippen LogP contribution in [0.25, 0.3) is 0 Å². The minimum Gasteiger partial charge on any atom is -0.484 e. The fourth-order valence-electron chi connectivity index (χ4n) is 3.42. The van der Waals surface area contributed by atoms with Crippen LogP contribution < -0.4 is 10.1 Å². The zero-order chi connectivity index (χ0) is 23.6. The molecule has 0 spiro atoms. The number of hydrogen-bond donors (Lipinski definition) is 1. The molecule has 172 valence electrons. The Balaban J connectivity index is 1.91. The molecule has 3 rings (SSSR count). The third-order valence-corrected chi connectivity index (χ3v) is 5.67. The van der Waals surface area contributed by atoms with Crippen molar-refractivity contribution in [3.05, 3.63) is 100 Å². The number of nitrogens with zero attached hydrogens (tertiary/aromatic N) is 1. The van der Waals surface area contributed by atoms with Crippen LogP contribution in [0.2, 0.25) is 10.0 Å². The van der Waals surface area contributed by atoms with Crippen molar-refractivity contribution in [2.45, 2.75) is 25.9 Å². The second-order valence-corrected chi connectivity index (χ2v) is 8.30. The second-order valence-electron chi connectivity index (χ2n) is 7.46. The van der Waals surface area contributed by atoms with E-state index in [0.717, 1.165) is 5.56 Å². The highest BCUT2D eigenvalue weighted by atomic mass is 35.5. The number of ether oxygens (including phenoxy) is 1. The summed E-state index contributed by atoms with van der Waals surface area (Å²) in [5, 5.41) is 3.78. The summed E-state index contributed by atoms with van der Waals surface area (Å²) in [7, 11) is 0. The first-order valence-corrected chi connectivity index (χ1v) is 11.5. The van der Waals surface area contributed by atoms with Gasteiger partial charge < -0.3 is 15.0 Å². The van der Waals surface area contributed by atoms with Gasteiger partial charge in [-0.25, -0.2) is 0 Å². The van der Waals surface area contributed by atoms with Crippen molar-refractivity contribution in [1.29, 1.82) is 0 Å². The van der Waals surface area contributed by atoms with Crippen molar-refractivity contribution >= 4 is 35.0 Å². The molecule has 1 N–H and O–H groups in total. The number of carbonyl (C=O) groups excluding carboxylic acids is 2. The first kappa shape index (κ1) is 24.6. The number of benzene rings is 3. The lowest BCUT2D eigenvalue weighted by Crippen LogP contribution is -2.51. The van der Waals surface area contributed by atoms with Crippen LogP contribution in [0.4, 0.5) is 0 Å². The molecule has 3 aromatic carbocycles. The van der Waals surface area contributed by atoms with E-state index in [2.05, 4.69) is 5.32 Å². The fraction of sp³-hybridized carbons (Fsp3) is 0.231. The van der Waals surface area contributed by atoms with Crippen LogP contribution in [0.3, 0.4) is 0 Å². The fourth-order valence-corrected chi connectivity index (χ4v) is 3.89. The van der Waals surface area contributed by atoms with Gasteiger partial charge in [-0.2, -0.15) is 0 Å². The zero-order valence-corrected chi connectivity index (χ0v) is 19.9. The highest BCUT2D eigenvalue weighted by Crippen LogP contribution is 2.24. The van der Waals surface area contributed by atoms with E-state index in [1.54, 1.807) is 30.3 Å². The summed E-state index contributed by atoms with van der Waals surface area (Å²) in [6, 6.07) is 23.0. The number of amides is 2. The largest absolute Gasteiger partial charge is 0.484 e. The van der Waals surface area contributed by atoms with Gasteiger partial charge in [-0.3, -0.25) is 9.59 Å². The first-order chi connectivity index (χ1) is 16.0. The summed E-state index contributed by atoms with van der Waals surface area (Å²) >= 11 is 12.4. The smallest absolute Gasteiger partial charge is 0.261 e. The van der Waals surface area contributed by atoms with Crippen LogP contribution in [0.5, 0.6) is 5.75 Å². The number of nitrogens with one attached hydrogen (secondary N) is 1. The summed E-state index contributed by atoms with van der Waals surface area (Å²) < 4.78 is 5.70. The molecule has 1 atom stereocenters. The molecule has 0 saturated heterocycles. The number of rotatable bonds is 10. The standard InChI is InChI=1S/C26H26Cl2N2O3/c1-2-29-26(32)24(15-19-9-5-3-6-10-19)30(17-20-13-14-21(27)16-23(20)28)25(31)18-33-22-11-7-4-8-12-22/h3-14,16,24H,2,15,17-18H2,1H3,(H,29,32)/t24-/m0/s1. The maximum Gasteiger partial charge on any atom is 0.261 e. The topological polar surface area (TPSA) is 58.6 Å². The van der Waals surface area contributed by atoms with Crippen molar-refractivity contribution in [3.8, 4) is 5.75 Å². The van der Waals surface area contributed by atoms with Crippen LogP contribution in [0.15, 0.2) is 78.9 Å². The van der Waals surface area contributed by atoms with Gasteiger partial charge in [-0.05, 0) is 42.3 Å². The van der Waals surface area contributed by atoms with Crippen LogP contribution in [0.1, 0.15) is 18.1 Å². The van der Waals surface area contributed by atoms with Gasteiger partial charge in [0.15, 0.2) is 6.61 Å². The van der Waals surface area contributed by atoms with Crippen molar-refractivity contribution in [3.63, 3.8) is 0 Å². The molecule has 0 saturated carbocycles. The van der Waals surface area contributed by atoms with E-state index in [0.29, 0.717) is 34.3 Å². The zero-order valence-electron chi connectivity index (χ0n) is 18.3. The van der Waals surface area contributed by atoms with Crippen LogP contribution in [-0.4, -0.2) is 35.9 Å². The van der Waals surface area contributed by atoms with E-state index in [1.807, 2.05) is 55.5 Å². The number of likely N-dealkylation sites (N-methyl/N-ethyl adjacent to an activating group) is 1. The Hall–Kier alpha value is -3.02. The van der Waals surface area contributed by atoms with E-state index < -0.39 is 6.04 Å². The minimum atomic E-state index is -0.744. The molecule has 0 aliphatic heterocycles. The molecule has 0 fully saturated rings. The number of halogens is 2. The maximum atomic E-state index is 13.4. The molecule has 7 heteroatoms. The van der Waals surface area contributed by atoms with Gasteiger partial charge in [0.1, 0.15) is 11.8 Å². The monoisotopic (exact) mass is 484 g/mol. The average molecular weight is 485 g/mol. The lowest BCUT2D eigenvalue weighted by Gasteiger charge is -2.31. The highest BCUT2D eigenvalue weighted by Gasteiger charge is 2.30. The Bertz CT molecular complexity index is 1060. The Morgan fingerprint density at radius 3 is 2.27 bits per heavy atom. The van der Waals surface area contributed by atoms with Crippen LogP contribution >= 0.6 is 23.2 Å². The summed E-state index contributed by atoms with van der Waals surface area (Å²) in [5.74, 6) is 0.0181. The summed E-state index contributed by atoms with van der Waals surface area (Å²) in [4.78, 5) is 28.0. The lowest BCUT2D eigenvalue weighted by molar-refractivity contribution is -0.142. The highest BCUT2D eigenvalue weighted by molar-refractivity contribution is 6.35. The van der Waals surface area contributed by atoms with Gasteiger partial charge in [-0.15, -0.1) is 0 Å². The number of para-hydroxylation sites is 1. The van der Waals surface area contributed by atoms with Gasteiger partial charge in [0.05, 0.1) is 0 Å². The molecule has 0 aliphatic rings. The van der Waals surface area contributed by atoms with Gasteiger partial charge in [0, 0.05) is 29.6 Å². The Morgan fingerprint density at radius 2 is 1.64 bits per heavy atom. The quantitative estimate of drug-likeness (QED) is 0.432. The normalized spacial score (nSPS) is 11.5. The van der Waals surface area contributed by atoms with Crippen molar-refractivity contribution < 1.29 is 14.3 Å². The number of carbonyl (C=O) groups is 2. The lowest BCUT2D eigenvalue weighted by atomic mass is 10.0. The van der Waals surface area contributed by atoms with Crippen molar-refractivity contribution in [1.82, 2.24) is 10.2 Å². The van der Waals surface area contributed by atoms with Crippen molar-refractivity contribution in [2.24, 2.45) is 0 Å². The third kappa shape index (κ3) is 7.24. The maximum absolute atomic E-state index is 13.4. The van der Waals surface area contributed by atoms with E-state index in [9.17, 15) is 9.59 Å². The van der Waals surface area contributed by atoms with E-state index in [1.165, 1.54) is 4.90 Å². The molecule has 0 aliphatic carbocycles. The Labute approximate surface area is 204 Å². The molecule has 5 nitrogen and oxygen atoms in total. The van der Waals surface area contributed by atoms with Gasteiger partial charge >= 0.3 is 0 Å². The Morgan fingerprint density at radius 1 is 0.970 bits per heavy atom. The average Bonchev–Trinajstić information content (AvgIpc) is 2.82. The summed E-state index contributed by atoms with van der Waals surface area (Å²) in [5.41, 5.74) is 1.63. The molecule has 0 radical (unpaired) electrons. The van der Waals surface area contributed by atoms with Gasteiger partial charge in [-0.1, -0.05) is 77.8 Å². The molecule has 0 bridgehead atoms. The van der Waals surface area contributed by atoms with Crippen molar-refractivity contribution in [2.75, 3.05) is 13.2 Å².